The molecule has 0 N–H and O–H groups in total. The molecule has 0 atom stereocenters. The standard InChI is InChI=1S/C20H25N5O3/c1-12(2)17-10-16(18-14(4)23-28-19(18)21-17)20(26)25-7-5-24(6-8-25)11-15-9-13(3)22-27-15/h9-10,12H,5-8,11H2,1-4H3. The Balaban J connectivity index is 1.51. The number of hydrogen-bond acceptors (Lipinski definition) is 7. The fourth-order valence-corrected chi connectivity index (χ4v) is 3.57. The molecule has 1 fully saturated rings. The summed E-state index contributed by atoms with van der Waals surface area (Å²) in [6.45, 7) is 11.5. The molecular weight excluding hydrogens is 358 g/mol. The third-order valence-corrected chi connectivity index (χ3v) is 5.17. The van der Waals surface area contributed by atoms with Crippen molar-refractivity contribution in [1.82, 2.24) is 25.1 Å². The molecule has 0 saturated carbocycles. The molecule has 0 aliphatic carbocycles. The summed E-state index contributed by atoms with van der Waals surface area (Å²) in [7, 11) is 0. The first kappa shape index (κ1) is 18.6. The zero-order valence-electron chi connectivity index (χ0n) is 16.7. The molecule has 0 bridgehead atoms. The Bertz CT molecular complexity index is 999. The van der Waals surface area contributed by atoms with Crippen LogP contribution in [0.4, 0.5) is 0 Å². The highest BCUT2D eigenvalue weighted by Gasteiger charge is 2.27. The Morgan fingerprint density at radius 3 is 2.50 bits per heavy atom. The van der Waals surface area contributed by atoms with E-state index in [9.17, 15) is 4.79 Å². The van der Waals surface area contributed by atoms with E-state index in [-0.39, 0.29) is 11.8 Å². The topological polar surface area (TPSA) is 88.5 Å². The van der Waals surface area contributed by atoms with Crippen molar-refractivity contribution >= 4 is 17.0 Å². The molecule has 3 aromatic rings. The van der Waals surface area contributed by atoms with Crippen LogP contribution in [0, 0.1) is 13.8 Å². The average molecular weight is 383 g/mol. The van der Waals surface area contributed by atoms with Crippen molar-refractivity contribution in [1.29, 1.82) is 0 Å². The van der Waals surface area contributed by atoms with Gasteiger partial charge < -0.3 is 13.9 Å². The van der Waals surface area contributed by atoms with Crippen LogP contribution in [0.1, 0.15) is 53.0 Å². The van der Waals surface area contributed by atoms with Gasteiger partial charge in [-0.1, -0.05) is 24.2 Å². The molecule has 0 aromatic carbocycles. The monoisotopic (exact) mass is 383 g/mol. The first-order chi connectivity index (χ1) is 13.4. The highest BCUT2D eigenvalue weighted by molar-refractivity contribution is 6.06. The second kappa shape index (κ2) is 7.35. The van der Waals surface area contributed by atoms with Gasteiger partial charge in [-0.05, 0) is 25.8 Å². The van der Waals surface area contributed by atoms with Gasteiger partial charge in [0.05, 0.1) is 28.9 Å². The number of aromatic nitrogens is 3. The first-order valence-electron chi connectivity index (χ1n) is 9.63. The van der Waals surface area contributed by atoms with E-state index in [4.69, 9.17) is 9.05 Å². The normalized spacial score (nSPS) is 15.7. The summed E-state index contributed by atoms with van der Waals surface area (Å²) in [6.07, 6.45) is 0. The van der Waals surface area contributed by atoms with E-state index in [0.29, 0.717) is 42.0 Å². The van der Waals surface area contributed by atoms with Crippen molar-refractivity contribution in [3.05, 3.63) is 40.5 Å². The fraction of sp³-hybridized carbons (Fsp3) is 0.500. The number of rotatable bonds is 4. The summed E-state index contributed by atoms with van der Waals surface area (Å²) in [4.78, 5) is 22.0. The number of amides is 1. The number of fused-ring (bicyclic) bond motifs is 1. The largest absolute Gasteiger partial charge is 0.360 e. The lowest BCUT2D eigenvalue weighted by Crippen LogP contribution is -2.48. The van der Waals surface area contributed by atoms with Gasteiger partial charge in [-0.2, -0.15) is 0 Å². The lowest BCUT2D eigenvalue weighted by atomic mass is 10.0. The van der Waals surface area contributed by atoms with Gasteiger partial charge in [0.1, 0.15) is 0 Å². The molecule has 1 aliphatic rings. The smallest absolute Gasteiger partial charge is 0.259 e. The van der Waals surface area contributed by atoms with Gasteiger partial charge in [0.2, 0.25) is 0 Å². The molecular formula is C20H25N5O3. The summed E-state index contributed by atoms with van der Waals surface area (Å²) in [6, 6.07) is 3.84. The van der Waals surface area contributed by atoms with E-state index >= 15 is 0 Å². The van der Waals surface area contributed by atoms with E-state index in [2.05, 4.69) is 34.0 Å². The van der Waals surface area contributed by atoms with Crippen LogP contribution in [-0.4, -0.2) is 57.2 Å². The first-order valence-corrected chi connectivity index (χ1v) is 9.63. The molecule has 0 spiro atoms. The maximum atomic E-state index is 13.3. The Morgan fingerprint density at radius 1 is 1.11 bits per heavy atom. The van der Waals surface area contributed by atoms with Crippen LogP contribution >= 0.6 is 0 Å². The third-order valence-electron chi connectivity index (χ3n) is 5.17. The van der Waals surface area contributed by atoms with Crippen molar-refractivity contribution < 1.29 is 13.8 Å². The molecule has 4 heterocycles. The van der Waals surface area contributed by atoms with E-state index in [1.165, 1.54) is 0 Å². The number of aryl methyl sites for hydroxylation is 2. The SMILES string of the molecule is Cc1cc(CN2CCN(C(=O)c3cc(C(C)C)nc4onc(C)c34)CC2)on1. The van der Waals surface area contributed by atoms with Gasteiger partial charge in [0.25, 0.3) is 11.6 Å². The van der Waals surface area contributed by atoms with Gasteiger partial charge in [0, 0.05) is 37.9 Å². The predicted octanol–water partition coefficient (Wildman–Crippen LogP) is 2.91. The minimum atomic E-state index is 0.00996. The minimum absolute atomic E-state index is 0.00996. The van der Waals surface area contributed by atoms with Crippen molar-refractivity contribution in [2.24, 2.45) is 0 Å². The minimum Gasteiger partial charge on any atom is -0.360 e. The van der Waals surface area contributed by atoms with Crippen LogP contribution in [0.15, 0.2) is 21.2 Å². The molecule has 28 heavy (non-hydrogen) atoms. The zero-order valence-corrected chi connectivity index (χ0v) is 16.7. The van der Waals surface area contributed by atoms with Crippen LogP contribution in [0.3, 0.4) is 0 Å². The Morgan fingerprint density at radius 2 is 1.86 bits per heavy atom. The van der Waals surface area contributed by atoms with Crippen molar-refractivity contribution in [3.8, 4) is 0 Å². The Hall–Kier alpha value is -2.74. The number of hydrogen-bond donors (Lipinski definition) is 0. The summed E-state index contributed by atoms with van der Waals surface area (Å²) in [5.41, 5.74) is 3.49. The summed E-state index contributed by atoms with van der Waals surface area (Å²) in [5.74, 6) is 1.06. The highest BCUT2D eigenvalue weighted by atomic mass is 16.5. The van der Waals surface area contributed by atoms with Crippen molar-refractivity contribution in [2.75, 3.05) is 26.2 Å². The molecule has 8 heteroatoms. The predicted molar refractivity (Wildman–Crippen MR) is 103 cm³/mol. The second-order valence-electron chi connectivity index (χ2n) is 7.70. The van der Waals surface area contributed by atoms with Gasteiger partial charge in [-0.15, -0.1) is 0 Å². The summed E-state index contributed by atoms with van der Waals surface area (Å²) < 4.78 is 10.6. The molecule has 1 aliphatic heterocycles. The zero-order chi connectivity index (χ0) is 19.8. The lowest BCUT2D eigenvalue weighted by molar-refractivity contribution is 0.0619. The highest BCUT2D eigenvalue weighted by Crippen LogP contribution is 2.26. The molecule has 1 saturated heterocycles. The van der Waals surface area contributed by atoms with Crippen LogP contribution in [0.2, 0.25) is 0 Å². The van der Waals surface area contributed by atoms with Gasteiger partial charge >= 0.3 is 0 Å². The quantitative estimate of drug-likeness (QED) is 0.684. The molecule has 0 unspecified atom stereocenters. The van der Waals surface area contributed by atoms with E-state index < -0.39 is 0 Å². The third kappa shape index (κ3) is 3.52. The van der Waals surface area contributed by atoms with Crippen molar-refractivity contribution in [3.63, 3.8) is 0 Å². The van der Waals surface area contributed by atoms with E-state index in [1.807, 2.05) is 30.9 Å². The number of nitrogens with zero attached hydrogens (tertiary/aromatic N) is 5. The number of pyridine rings is 1. The van der Waals surface area contributed by atoms with Gasteiger partial charge in [-0.25, -0.2) is 4.98 Å². The average Bonchev–Trinajstić information content (AvgIpc) is 3.26. The number of piperazine rings is 1. The van der Waals surface area contributed by atoms with Crippen LogP contribution in [0.25, 0.3) is 11.1 Å². The van der Waals surface area contributed by atoms with Gasteiger partial charge in [-0.3, -0.25) is 9.69 Å². The Labute approximate surface area is 163 Å². The van der Waals surface area contributed by atoms with Crippen LogP contribution in [0.5, 0.6) is 0 Å². The Kier molecular flexibility index (Phi) is 4.89. The maximum Gasteiger partial charge on any atom is 0.259 e. The molecule has 3 aromatic heterocycles. The van der Waals surface area contributed by atoms with E-state index in [0.717, 1.165) is 30.2 Å². The van der Waals surface area contributed by atoms with Crippen molar-refractivity contribution in [2.45, 2.75) is 40.2 Å². The number of carbonyl (C=O) groups excluding carboxylic acids is 1. The van der Waals surface area contributed by atoms with E-state index in [1.54, 1.807) is 0 Å². The number of carbonyl (C=O) groups is 1. The summed E-state index contributed by atoms with van der Waals surface area (Å²) >= 11 is 0. The molecule has 148 valence electrons. The molecule has 0 radical (unpaired) electrons. The molecule has 4 rings (SSSR count). The summed E-state index contributed by atoms with van der Waals surface area (Å²) in [5, 5.41) is 8.66. The maximum absolute atomic E-state index is 13.3. The lowest BCUT2D eigenvalue weighted by Gasteiger charge is -2.34. The molecule has 1 amide bonds. The van der Waals surface area contributed by atoms with Gasteiger partial charge in [0.15, 0.2) is 5.76 Å². The fourth-order valence-electron chi connectivity index (χ4n) is 3.57. The van der Waals surface area contributed by atoms with Crippen LogP contribution in [-0.2, 0) is 6.54 Å². The molecule has 8 nitrogen and oxygen atoms in total. The van der Waals surface area contributed by atoms with Crippen LogP contribution < -0.4 is 0 Å². The second-order valence-corrected chi connectivity index (χ2v) is 7.70.